The summed E-state index contributed by atoms with van der Waals surface area (Å²) in [6.07, 6.45) is 2.48. The summed E-state index contributed by atoms with van der Waals surface area (Å²) in [4.78, 5) is 4.48. The van der Waals surface area contributed by atoms with Gasteiger partial charge in [0.15, 0.2) is 0 Å². The van der Waals surface area contributed by atoms with Crippen molar-refractivity contribution < 1.29 is 0 Å². The van der Waals surface area contributed by atoms with E-state index in [1.807, 2.05) is 0 Å². The van der Waals surface area contributed by atoms with Gasteiger partial charge in [0.2, 0.25) is 5.95 Å². The predicted molar refractivity (Wildman–Crippen MR) is 66.3 cm³/mol. The van der Waals surface area contributed by atoms with Crippen LogP contribution in [0.5, 0.6) is 0 Å². The highest BCUT2D eigenvalue weighted by molar-refractivity contribution is 5.81. The van der Waals surface area contributed by atoms with Crippen molar-refractivity contribution in [2.45, 2.75) is 32.7 Å². The van der Waals surface area contributed by atoms with Crippen LogP contribution in [-0.4, -0.2) is 9.55 Å². The second kappa shape index (κ2) is 3.24. The largest absolute Gasteiger partial charge is 0.369 e. The van der Waals surface area contributed by atoms with Crippen molar-refractivity contribution in [3.63, 3.8) is 0 Å². The first-order chi connectivity index (χ1) is 7.72. The highest BCUT2D eigenvalue weighted by Crippen LogP contribution is 2.48. The first-order valence-corrected chi connectivity index (χ1v) is 5.95. The van der Waals surface area contributed by atoms with Crippen LogP contribution in [-0.2, 0) is 0 Å². The van der Waals surface area contributed by atoms with E-state index in [4.69, 9.17) is 5.73 Å². The molecule has 2 unspecified atom stereocenters. The molecule has 2 aromatic rings. The predicted octanol–water partition coefficient (Wildman–Crippen LogP) is 2.90. The third kappa shape index (κ3) is 1.24. The number of fused-ring (bicyclic) bond motifs is 1. The molecule has 1 heterocycles. The molecule has 1 fully saturated rings. The topological polar surface area (TPSA) is 43.8 Å². The Bertz CT molecular complexity index is 541. The molecule has 2 N–H and O–H groups in total. The van der Waals surface area contributed by atoms with Gasteiger partial charge in [0.1, 0.15) is 0 Å². The number of benzene rings is 1. The fourth-order valence-corrected chi connectivity index (χ4v) is 2.61. The van der Waals surface area contributed by atoms with Gasteiger partial charge in [-0.3, -0.25) is 0 Å². The molecule has 0 amide bonds. The molecule has 2 atom stereocenters. The Kier molecular flexibility index (Phi) is 1.96. The average Bonchev–Trinajstić information content (AvgIpc) is 2.95. The molecule has 3 nitrogen and oxygen atoms in total. The molecule has 0 saturated heterocycles. The lowest BCUT2D eigenvalue weighted by Crippen LogP contribution is -2.02. The molecule has 84 valence electrons. The summed E-state index contributed by atoms with van der Waals surface area (Å²) in [6, 6.07) is 6.87. The number of aromatic nitrogens is 2. The van der Waals surface area contributed by atoms with E-state index in [0.29, 0.717) is 12.0 Å². The minimum atomic E-state index is 0.580. The van der Waals surface area contributed by atoms with Crippen molar-refractivity contribution in [1.29, 1.82) is 0 Å². The minimum Gasteiger partial charge on any atom is -0.369 e. The van der Waals surface area contributed by atoms with Gasteiger partial charge in [0.25, 0.3) is 0 Å². The van der Waals surface area contributed by atoms with E-state index in [1.165, 1.54) is 23.9 Å². The molecule has 3 rings (SSSR count). The molecule has 0 radical (unpaired) electrons. The van der Waals surface area contributed by atoms with Crippen LogP contribution in [0.4, 0.5) is 5.95 Å². The van der Waals surface area contributed by atoms with Gasteiger partial charge in [0, 0.05) is 6.04 Å². The van der Waals surface area contributed by atoms with E-state index in [0.717, 1.165) is 11.4 Å². The van der Waals surface area contributed by atoms with Gasteiger partial charge in [0.05, 0.1) is 11.0 Å². The minimum absolute atomic E-state index is 0.580. The van der Waals surface area contributed by atoms with E-state index in [-0.39, 0.29) is 0 Å². The molecule has 3 heteroatoms. The molecule has 0 bridgehead atoms. The summed E-state index contributed by atoms with van der Waals surface area (Å²) >= 11 is 0. The van der Waals surface area contributed by atoms with Gasteiger partial charge < -0.3 is 10.3 Å². The van der Waals surface area contributed by atoms with Crippen molar-refractivity contribution >= 4 is 17.0 Å². The summed E-state index contributed by atoms with van der Waals surface area (Å²) in [6.45, 7) is 4.33. The number of rotatable bonds is 2. The van der Waals surface area contributed by atoms with Crippen LogP contribution < -0.4 is 5.73 Å². The van der Waals surface area contributed by atoms with Gasteiger partial charge in [-0.1, -0.05) is 25.5 Å². The van der Waals surface area contributed by atoms with E-state index < -0.39 is 0 Å². The van der Waals surface area contributed by atoms with Gasteiger partial charge in [-0.15, -0.1) is 0 Å². The average molecular weight is 215 g/mol. The molecular weight excluding hydrogens is 198 g/mol. The van der Waals surface area contributed by atoms with Crippen LogP contribution in [0.15, 0.2) is 18.2 Å². The van der Waals surface area contributed by atoms with Crippen LogP contribution >= 0.6 is 0 Å². The Hall–Kier alpha value is -1.51. The smallest absolute Gasteiger partial charge is 0.201 e. The quantitative estimate of drug-likeness (QED) is 0.837. The summed E-state index contributed by atoms with van der Waals surface area (Å²) in [5.74, 6) is 1.46. The van der Waals surface area contributed by atoms with Crippen molar-refractivity contribution in [3.8, 4) is 0 Å². The van der Waals surface area contributed by atoms with Gasteiger partial charge in [-0.25, -0.2) is 4.98 Å². The zero-order valence-electron chi connectivity index (χ0n) is 9.77. The molecular formula is C13H17N3. The zero-order valence-corrected chi connectivity index (χ0v) is 9.77. The third-order valence-corrected chi connectivity index (χ3v) is 3.69. The second-order valence-corrected chi connectivity index (χ2v) is 4.75. The third-order valence-electron chi connectivity index (χ3n) is 3.69. The van der Waals surface area contributed by atoms with Crippen molar-refractivity contribution in [2.24, 2.45) is 5.92 Å². The molecule has 16 heavy (non-hydrogen) atoms. The van der Waals surface area contributed by atoms with Gasteiger partial charge in [-0.05, 0) is 30.9 Å². The maximum Gasteiger partial charge on any atom is 0.201 e. The first kappa shape index (κ1) is 9.70. The number of para-hydroxylation sites is 1. The summed E-state index contributed by atoms with van der Waals surface area (Å²) in [7, 11) is 0. The fourth-order valence-electron chi connectivity index (χ4n) is 2.61. The fraction of sp³-hybridized carbons (Fsp3) is 0.462. The summed E-state index contributed by atoms with van der Waals surface area (Å²) in [5.41, 5.74) is 9.49. The lowest BCUT2D eigenvalue weighted by molar-refractivity contribution is 0.661. The lowest BCUT2D eigenvalue weighted by atomic mass is 10.2. The van der Waals surface area contributed by atoms with E-state index >= 15 is 0 Å². The molecule has 0 spiro atoms. The Morgan fingerprint density at radius 1 is 1.50 bits per heavy atom. The number of aryl methyl sites for hydroxylation is 1. The molecule has 1 aromatic carbocycles. The van der Waals surface area contributed by atoms with Gasteiger partial charge in [-0.2, -0.15) is 0 Å². The molecule has 0 aliphatic heterocycles. The van der Waals surface area contributed by atoms with Crippen molar-refractivity contribution in [3.05, 3.63) is 23.8 Å². The highest BCUT2D eigenvalue weighted by Gasteiger charge is 2.38. The van der Waals surface area contributed by atoms with Crippen LogP contribution in [0, 0.1) is 12.8 Å². The van der Waals surface area contributed by atoms with Crippen LogP contribution in [0.3, 0.4) is 0 Å². The van der Waals surface area contributed by atoms with Crippen LogP contribution in [0.25, 0.3) is 11.0 Å². The van der Waals surface area contributed by atoms with Crippen molar-refractivity contribution in [2.75, 3.05) is 5.73 Å². The molecule has 1 saturated carbocycles. The number of nitrogen functional groups attached to an aromatic ring is 1. The Morgan fingerprint density at radius 2 is 2.31 bits per heavy atom. The number of hydrogen-bond acceptors (Lipinski definition) is 2. The van der Waals surface area contributed by atoms with E-state index in [2.05, 4.69) is 41.6 Å². The monoisotopic (exact) mass is 215 g/mol. The van der Waals surface area contributed by atoms with E-state index in [9.17, 15) is 0 Å². The number of nitrogens with two attached hydrogens (primary N) is 1. The first-order valence-electron chi connectivity index (χ1n) is 5.95. The van der Waals surface area contributed by atoms with Crippen LogP contribution in [0.1, 0.15) is 31.4 Å². The SMILES string of the molecule is CCC1CC1n1c(N)nc2c(C)cccc21. The number of anilines is 1. The van der Waals surface area contributed by atoms with E-state index in [1.54, 1.807) is 0 Å². The zero-order chi connectivity index (χ0) is 11.3. The normalized spacial score (nSPS) is 23.9. The standard InChI is InChI=1S/C13H17N3/c1-3-9-7-11(9)16-10-6-4-5-8(2)12(10)15-13(16)14/h4-6,9,11H,3,7H2,1-2H3,(H2,14,15). The lowest BCUT2D eigenvalue weighted by Gasteiger charge is -2.05. The molecule has 1 aliphatic rings. The summed E-state index contributed by atoms with van der Waals surface area (Å²) < 4.78 is 2.22. The van der Waals surface area contributed by atoms with Gasteiger partial charge >= 0.3 is 0 Å². The number of nitrogens with zero attached hydrogens (tertiary/aromatic N) is 2. The maximum atomic E-state index is 6.03. The number of imidazole rings is 1. The summed E-state index contributed by atoms with van der Waals surface area (Å²) in [5, 5.41) is 0. The van der Waals surface area contributed by atoms with Crippen molar-refractivity contribution in [1.82, 2.24) is 9.55 Å². The van der Waals surface area contributed by atoms with Crippen LogP contribution in [0.2, 0.25) is 0 Å². The molecule has 1 aromatic heterocycles. The highest BCUT2D eigenvalue weighted by atomic mass is 15.2. The number of hydrogen-bond donors (Lipinski definition) is 1. The Morgan fingerprint density at radius 3 is 3.00 bits per heavy atom. The Labute approximate surface area is 95.3 Å². The Balaban J connectivity index is 2.17. The second-order valence-electron chi connectivity index (χ2n) is 4.75. The molecule has 1 aliphatic carbocycles. The maximum absolute atomic E-state index is 6.03.